The molecule has 1 aliphatic heterocycles. The molecular weight excluding hydrogens is 497 g/mol. The number of alkyl halides is 3. The number of fused-ring (bicyclic) bond motifs is 1. The molecule has 1 aliphatic rings. The van der Waals surface area contributed by atoms with Gasteiger partial charge in [0.15, 0.2) is 0 Å². The van der Waals surface area contributed by atoms with E-state index in [1.165, 1.54) is 4.57 Å². The smallest absolute Gasteiger partial charge is 0.430 e. The van der Waals surface area contributed by atoms with Crippen molar-refractivity contribution < 1.29 is 28.4 Å². The number of hydrogen-bond acceptors (Lipinski definition) is 5. The third-order valence-corrected chi connectivity index (χ3v) is 4.65. The second-order valence-electron chi connectivity index (χ2n) is 7.13. The van der Waals surface area contributed by atoms with Crippen molar-refractivity contribution >= 4 is 39.2 Å². The minimum absolute atomic E-state index is 0.219. The number of halogens is 4. The maximum Gasteiger partial charge on any atom is 0.430 e. The number of carbonyl (C=O) groups excluding carboxylic acids is 1. The fourth-order valence-electron chi connectivity index (χ4n) is 2.79. The Bertz CT molecular complexity index is 1210. The Morgan fingerprint density at radius 3 is 2.31 bits per heavy atom. The number of hydrogen-bond donors (Lipinski definition) is 1. The SMILES string of the molecule is C#Cn1c(=O)c2c(n(CC(C)C)c1=O)N=C(Cc1ccc(Br)cc1)[NH2+]2.O=C([O-])C(F)(F)F. The molecule has 0 fully saturated rings. The summed E-state index contributed by atoms with van der Waals surface area (Å²) in [6.07, 6.45) is 0.744. The molecule has 1 aromatic heterocycles. The van der Waals surface area contributed by atoms with E-state index in [0.29, 0.717) is 24.5 Å². The maximum atomic E-state index is 12.5. The molecule has 1 aromatic carbocycles. The molecule has 2 aromatic rings. The van der Waals surface area contributed by atoms with Gasteiger partial charge >= 0.3 is 17.4 Å². The minimum atomic E-state index is -5.19. The second-order valence-corrected chi connectivity index (χ2v) is 8.05. The second kappa shape index (κ2) is 9.97. The Morgan fingerprint density at radius 2 is 1.84 bits per heavy atom. The van der Waals surface area contributed by atoms with Crippen molar-refractivity contribution in [2.75, 3.05) is 0 Å². The number of terminal acetylenes is 1. The number of rotatable bonds is 4. The summed E-state index contributed by atoms with van der Waals surface area (Å²) in [5.74, 6) is -1.65. The summed E-state index contributed by atoms with van der Waals surface area (Å²) in [7, 11) is 0. The van der Waals surface area contributed by atoms with E-state index in [2.05, 4.69) is 27.0 Å². The summed E-state index contributed by atoms with van der Waals surface area (Å²) >= 11 is 3.41. The molecular formula is C20H18BrF3N4O4. The van der Waals surface area contributed by atoms with Crippen LogP contribution in [0.4, 0.5) is 24.7 Å². The number of nitrogens with zero attached hydrogens (tertiary/aromatic N) is 3. The van der Waals surface area contributed by atoms with Gasteiger partial charge in [0.05, 0.1) is 6.42 Å². The largest absolute Gasteiger partial charge is 0.542 e. The maximum absolute atomic E-state index is 12.5. The molecule has 0 radical (unpaired) electrons. The first-order valence-corrected chi connectivity index (χ1v) is 9.95. The summed E-state index contributed by atoms with van der Waals surface area (Å²) in [4.78, 5) is 38.3. The molecule has 0 bridgehead atoms. The van der Waals surface area contributed by atoms with Crippen molar-refractivity contribution in [1.29, 1.82) is 0 Å². The van der Waals surface area contributed by atoms with Crippen molar-refractivity contribution in [3.05, 3.63) is 55.1 Å². The number of nitrogens with two attached hydrogens (primary N) is 1. The summed E-state index contributed by atoms with van der Waals surface area (Å²) in [5.41, 5.74) is 0.449. The first-order valence-electron chi connectivity index (χ1n) is 9.16. The van der Waals surface area contributed by atoms with E-state index in [9.17, 15) is 22.8 Å². The van der Waals surface area contributed by atoms with Crippen molar-refractivity contribution in [2.24, 2.45) is 10.9 Å². The van der Waals surface area contributed by atoms with Crippen molar-refractivity contribution in [2.45, 2.75) is 33.0 Å². The third-order valence-electron chi connectivity index (χ3n) is 4.12. The minimum Gasteiger partial charge on any atom is -0.542 e. The Labute approximate surface area is 188 Å². The van der Waals surface area contributed by atoms with Crippen LogP contribution in [0.2, 0.25) is 0 Å². The van der Waals surface area contributed by atoms with Crippen molar-refractivity contribution in [3.63, 3.8) is 0 Å². The zero-order valence-corrected chi connectivity index (χ0v) is 18.5. The van der Waals surface area contributed by atoms with E-state index in [-0.39, 0.29) is 5.92 Å². The van der Waals surface area contributed by atoms with Gasteiger partial charge in [0.2, 0.25) is 17.3 Å². The van der Waals surface area contributed by atoms with Crippen LogP contribution in [-0.4, -0.2) is 27.1 Å². The van der Waals surface area contributed by atoms with Crippen molar-refractivity contribution in [3.8, 4) is 12.5 Å². The van der Waals surface area contributed by atoms with E-state index in [1.54, 1.807) is 5.32 Å². The van der Waals surface area contributed by atoms with E-state index < -0.39 is 23.4 Å². The highest BCUT2D eigenvalue weighted by Crippen LogP contribution is 2.21. The normalized spacial score (nSPS) is 12.5. The van der Waals surface area contributed by atoms with Gasteiger partial charge in [0.25, 0.3) is 0 Å². The van der Waals surface area contributed by atoms with Gasteiger partial charge in [-0.1, -0.05) is 48.3 Å². The number of carboxylic acids is 1. The molecule has 32 heavy (non-hydrogen) atoms. The van der Waals surface area contributed by atoms with Crippen LogP contribution in [0.1, 0.15) is 19.4 Å². The summed E-state index contributed by atoms with van der Waals surface area (Å²) in [6, 6.07) is 10.1. The average Bonchev–Trinajstić information content (AvgIpc) is 3.11. The first-order chi connectivity index (χ1) is 14.8. The van der Waals surface area contributed by atoms with Crippen LogP contribution in [0.15, 0.2) is 43.3 Å². The molecule has 0 atom stereocenters. The molecule has 8 nitrogen and oxygen atoms in total. The van der Waals surface area contributed by atoms with E-state index >= 15 is 0 Å². The lowest BCUT2D eigenvalue weighted by atomic mass is 10.1. The van der Waals surface area contributed by atoms with Crippen LogP contribution in [0, 0.1) is 18.4 Å². The van der Waals surface area contributed by atoms with Gasteiger partial charge in [-0.05, 0) is 23.6 Å². The van der Waals surface area contributed by atoms with Gasteiger partial charge in [-0.2, -0.15) is 22.7 Å². The lowest BCUT2D eigenvalue weighted by Crippen LogP contribution is -2.83. The lowest BCUT2D eigenvalue weighted by Gasteiger charge is -2.11. The number of aliphatic carboxylic acids is 1. The van der Waals surface area contributed by atoms with E-state index in [4.69, 9.17) is 16.3 Å². The number of quaternary nitrogens is 1. The van der Waals surface area contributed by atoms with Crippen LogP contribution in [0.25, 0.3) is 0 Å². The fraction of sp³-hybridized carbons (Fsp3) is 0.300. The van der Waals surface area contributed by atoms with Crippen LogP contribution < -0.4 is 21.7 Å². The van der Waals surface area contributed by atoms with E-state index in [1.807, 2.05) is 38.1 Å². The molecule has 0 spiro atoms. The first kappa shape index (κ1) is 25.1. The molecule has 0 aliphatic carbocycles. The van der Waals surface area contributed by atoms with Gasteiger partial charge in [-0.15, -0.1) is 0 Å². The Hall–Kier alpha value is -3.17. The highest BCUT2D eigenvalue weighted by atomic mass is 79.9. The molecule has 2 heterocycles. The highest BCUT2D eigenvalue weighted by molar-refractivity contribution is 9.10. The summed E-state index contributed by atoms with van der Waals surface area (Å²) in [6.45, 7) is 4.44. The van der Waals surface area contributed by atoms with Gasteiger partial charge in [0.1, 0.15) is 5.97 Å². The molecule has 0 amide bonds. The Balaban J connectivity index is 0.000000451. The lowest BCUT2D eigenvalue weighted by molar-refractivity contribution is -0.442. The summed E-state index contributed by atoms with van der Waals surface area (Å²) in [5, 5.41) is 10.5. The molecule has 2 N–H and O–H groups in total. The standard InChI is InChI=1S/C18H17BrN4O2.C2HF3O2/c1-4-22-17(24)15-16(23(18(22)25)10-11(2)3)21-14(20-15)9-12-5-7-13(19)8-6-12;3-2(4,5)1(6)7/h1,5-8,11H,9-10H2,2-3H3,(H,20,21);(H,6,7). The van der Waals surface area contributed by atoms with Crippen LogP contribution >= 0.6 is 15.9 Å². The van der Waals surface area contributed by atoms with Crippen LogP contribution in [0.5, 0.6) is 0 Å². The molecule has 3 rings (SSSR count). The van der Waals surface area contributed by atoms with Crippen LogP contribution in [-0.2, 0) is 17.8 Å². The monoisotopic (exact) mass is 514 g/mol. The fourth-order valence-corrected chi connectivity index (χ4v) is 3.05. The Kier molecular flexibility index (Phi) is 7.82. The number of benzene rings is 1. The summed E-state index contributed by atoms with van der Waals surface area (Å²) < 4.78 is 34.9. The molecule has 0 saturated heterocycles. The number of carbonyl (C=O) groups is 1. The third kappa shape index (κ3) is 5.95. The molecule has 0 saturated carbocycles. The molecule has 0 unspecified atom stereocenters. The molecule has 170 valence electrons. The topological polar surface area (TPSA) is 113 Å². The predicted octanol–water partition coefficient (Wildman–Crippen LogP) is 0.647. The van der Waals surface area contributed by atoms with E-state index in [0.717, 1.165) is 20.4 Å². The zero-order valence-electron chi connectivity index (χ0n) is 16.9. The number of aromatic nitrogens is 2. The Morgan fingerprint density at radius 1 is 1.28 bits per heavy atom. The van der Waals surface area contributed by atoms with Gasteiger partial charge in [-0.25, -0.2) is 4.79 Å². The van der Waals surface area contributed by atoms with Gasteiger partial charge < -0.3 is 9.90 Å². The zero-order chi connectivity index (χ0) is 24.2. The quantitative estimate of drug-likeness (QED) is 0.603. The molecule has 12 heteroatoms. The number of carboxylic acid groups (broad SMARTS) is 1. The average molecular weight is 515 g/mol. The number of amidine groups is 1. The van der Waals surface area contributed by atoms with Gasteiger partial charge in [-0.3, -0.25) is 14.7 Å². The van der Waals surface area contributed by atoms with Gasteiger partial charge in [0, 0.05) is 17.1 Å². The highest BCUT2D eigenvalue weighted by Gasteiger charge is 2.30. The predicted molar refractivity (Wildman–Crippen MR) is 112 cm³/mol. The van der Waals surface area contributed by atoms with Crippen LogP contribution in [0.3, 0.4) is 0 Å². The van der Waals surface area contributed by atoms with Crippen molar-refractivity contribution in [1.82, 2.24) is 9.13 Å². The number of aliphatic imine (C=N–C) groups is 1.